The molecule has 1 N–H and O–H groups in total. The topological polar surface area (TPSA) is 35.6 Å². The minimum absolute atomic E-state index is 0. The Morgan fingerprint density at radius 2 is 1.90 bits per heavy atom. The average molecular weight is 326 g/mol. The van der Waals surface area contributed by atoms with E-state index in [0.717, 1.165) is 45.7 Å². The fourth-order valence-corrected chi connectivity index (χ4v) is 3.13. The SMILES string of the molecule is CCN(CC)C1CCN(C(=O)C(C)C2CNC2)C1.Cl.Cl. The third-order valence-electron chi connectivity index (χ3n) is 4.71. The van der Waals surface area contributed by atoms with Crippen LogP contribution in [0, 0.1) is 11.8 Å². The van der Waals surface area contributed by atoms with Gasteiger partial charge < -0.3 is 10.2 Å². The van der Waals surface area contributed by atoms with Crippen molar-refractivity contribution in [2.24, 2.45) is 11.8 Å². The third kappa shape index (κ3) is 4.23. The molecule has 120 valence electrons. The number of nitrogens with one attached hydrogen (secondary N) is 1. The summed E-state index contributed by atoms with van der Waals surface area (Å²) in [7, 11) is 0. The van der Waals surface area contributed by atoms with Gasteiger partial charge in [0, 0.05) is 25.0 Å². The summed E-state index contributed by atoms with van der Waals surface area (Å²) in [6.07, 6.45) is 1.14. The molecule has 6 heteroatoms. The van der Waals surface area contributed by atoms with E-state index in [1.165, 1.54) is 0 Å². The largest absolute Gasteiger partial charge is 0.341 e. The van der Waals surface area contributed by atoms with E-state index in [1.807, 2.05) is 0 Å². The predicted molar refractivity (Wildman–Crippen MR) is 87.9 cm³/mol. The van der Waals surface area contributed by atoms with Crippen LogP contribution in [0.1, 0.15) is 27.2 Å². The summed E-state index contributed by atoms with van der Waals surface area (Å²) < 4.78 is 0. The zero-order valence-corrected chi connectivity index (χ0v) is 14.4. The standard InChI is InChI=1S/C14H27N3O.2ClH/c1-4-16(5-2)13-6-7-17(10-13)14(18)11(3)12-8-15-9-12;;/h11-13,15H,4-10H2,1-3H3;2*1H. The van der Waals surface area contributed by atoms with E-state index in [4.69, 9.17) is 0 Å². The summed E-state index contributed by atoms with van der Waals surface area (Å²) in [5.41, 5.74) is 0. The van der Waals surface area contributed by atoms with Crippen molar-refractivity contribution in [3.8, 4) is 0 Å². The maximum atomic E-state index is 12.4. The van der Waals surface area contributed by atoms with Gasteiger partial charge in [-0.25, -0.2) is 0 Å². The van der Waals surface area contributed by atoms with Crippen LogP contribution in [-0.2, 0) is 4.79 Å². The lowest BCUT2D eigenvalue weighted by Gasteiger charge is -2.34. The van der Waals surface area contributed by atoms with Crippen LogP contribution in [-0.4, -0.2) is 61.0 Å². The van der Waals surface area contributed by atoms with Gasteiger partial charge >= 0.3 is 0 Å². The number of nitrogens with zero attached hydrogens (tertiary/aromatic N) is 2. The van der Waals surface area contributed by atoms with Crippen molar-refractivity contribution in [3.05, 3.63) is 0 Å². The minimum Gasteiger partial charge on any atom is -0.341 e. The number of carbonyl (C=O) groups is 1. The van der Waals surface area contributed by atoms with Crippen LogP contribution in [0.2, 0.25) is 0 Å². The number of likely N-dealkylation sites (tertiary alicyclic amines) is 1. The molecule has 0 spiro atoms. The van der Waals surface area contributed by atoms with Crippen molar-refractivity contribution in [2.75, 3.05) is 39.3 Å². The zero-order valence-electron chi connectivity index (χ0n) is 12.8. The second-order valence-corrected chi connectivity index (χ2v) is 5.65. The molecule has 0 aromatic carbocycles. The Bertz CT molecular complexity index is 296. The van der Waals surface area contributed by atoms with Gasteiger partial charge in [-0.2, -0.15) is 0 Å². The van der Waals surface area contributed by atoms with Crippen molar-refractivity contribution in [1.29, 1.82) is 0 Å². The number of amides is 1. The predicted octanol–water partition coefficient (Wildman–Crippen LogP) is 1.63. The van der Waals surface area contributed by atoms with Crippen LogP contribution in [0.3, 0.4) is 0 Å². The molecule has 2 saturated heterocycles. The quantitative estimate of drug-likeness (QED) is 0.834. The number of hydrogen-bond acceptors (Lipinski definition) is 3. The highest BCUT2D eigenvalue weighted by Gasteiger charge is 2.35. The Kier molecular flexibility index (Phi) is 9.07. The Morgan fingerprint density at radius 3 is 2.35 bits per heavy atom. The fourth-order valence-electron chi connectivity index (χ4n) is 3.13. The zero-order chi connectivity index (χ0) is 13.1. The summed E-state index contributed by atoms with van der Waals surface area (Å²) in [6.45, 7) is 12.6. The van der Waals surface area contributed by atoms with Crippen molar-refractivity contribution in [2.45, 2.75) is 33.2 Å². The first-order valence-electron chi connectivity index (χ1n) is 7.40. The van der Waals surface area contributed by atoms with Gasteiger partial charge in [0.2, 0.25) is 5.91 Å². The molecule has 1 amide bonds. The normalized spacial score (nSPS) is 23.8. The molecule has 20 heavy (non-hydrogen) atoms. The van der Waals surface area contributed by atoms with Gasteiger partial charge in [0.1, 0.15) is 0 Å². The highest BCUT2D eigenvalue weighted by molar-refractivity contribution is 5.85. The van der Waals surface area contributed by atoms with E-state index in [2.05, 4.69) is 35.9 Å². The van der Waals surface area contributed by atoms with Gasteiger partial charge in [-0.15, -0.1) is 24.8 Å². The van der Waals surface area contributed by atoms with E-state index in [9.17, 15) is 4.79 Å². The van der Waals surface area contributed by atoms with E-state index >= 15 is 0 Å². The summed E-state index contributed by atoms with van der Waals surface area (Å²) in [5.74, 6) is 1.13. The van der Waals surface area contributed by atoms with Crippen LogP contribution in [0.5, 0.6) is 0 Å². The van der Waals surface area contributed by atoms with Crippen molar-refractivity contribution in [3.63, 3.8) is 0 Å². The first kappa shape index (κ1) is 20.0. The van der Waals surface area contributed by atoms with Crippen LogP contribution in [0.4, 0.5) is 0 Å². The smallest absolute Gasteiger partial charge is 0.225 e. The fraction of sp³-hybridized carbons (Fsp3) is 0.929. The molecule has 2 rings (SSSR count). The molecule has 2 unspecified atom stereocenters. The summed E-state index contributed by atoms with van der Waals surface area (Å²) in [4.78, 5) is 17.0. The number of likely N-dealkylation sites (N-methyl/N-ethyl adjacent to an activating group) is 1. The van der Waals surface area contributed by atoms with Gasteiger partial charge in [-0.3, -0.25) is 9.69 Å². The highest BCUT2D eigenvalue weighted by atomic mass is 35.5. The monoisotopic (exact) mass is 325 g/mol. The molecule has 4 nitrogen and oxygen atoms in total. The van der Waals surface area contributed by atoms with Gasteiger partial charge in [0.25, 0.3) is 0 Å². The molecule has 0 bridgehead atoms. The lowest BCUT2D eigenvalue weighted by atomic mass is 9.88. The molecule has 2 atom stereocenters. The second-order valence-electron chi connectivity index (χ2n) is 5.65. The van der Waals surface area contributed by atoms with Crippen LogP contribution < -0.4 is 5.32 Å². The maximum absolute atomic E-state index is 12.4. The molecule has 0 radical (unpaired) electrons. The van der Waals surface area contributed by atoms with E-state index in [0.29, 0.717) is 17.9 Å². The summed E-state index contributed by atoms with van der Waals surface area (Å²) >= 11 is 0. The Balaban J connectivity index is 0.00000180. The molecule has 2 aliphatic heterocycles. The van der Waals surface area contributed by atoms with Crippen LogP contribution >= 0.6 is 24.8 Å². The van der Waals surface area contributed by atoms with E-state index in [1.54, 1.807) is 0 Å². The molecular weight excluding hydrogens is 297 g/mol. The number of halogens is 2. The molecule has 0 aromatic rings. The maximum Gasteiger partial charge on any atom is 0.225 e. The van der Waals surface area contributed by atoms with Crippen molar-refractivity contribution < 1.29 is 4.79 Å². The molecule has 2 fully saturated rings. The number of hydrogen-bond donors (Lipinski definition) is 1. The van der Waals surface area contributed by atoms with Gasteiger partial charge in [-0.05, 0) is 38.5 Å². The van der Waals surface area contributed by atoms with E-state index < -0.39 is 0 Å². The third-order valence-corrected chi connectivity index (χ3v) is 4.71. The Labute approximate surface area is 135 Å². The first-order chi connectivity index (χ1) is 8.67. The number of carbonyl (C=O) groups excluding carboxylic acids is 1. The molecular formula is C14H29Cl2N3O. The highest BCUT2D eigenvalue weighted by Crippen LogP contribution is 2.22. The Hall–Kier alpha value is -0.0300. The average Bonchev–Trinajstić information content (AvgIpc) is 2.77. The van der Waals surface area contributed by atoms with Crippen LogP contribution in [0.25, 0.3) is 0 Å². The minimum atomic E-state index is 0. The summed E-state index contributed by atoms with van der Waals surface area (Å²) in [6, 6.07) is 0.579. The molecule has 2 heterocycles. The lowest BCUT2D eigenvalue weighted by molar-refractivity contribution is -0.136. The molecule has 2 aliphatic rings. The lowest BCUT2D eigenvalue weighted by Crippen LogP contribution is -2.50. The molecule has 0 aliphatic carbocycles. The van der Waals surface area contributed by atoms with Gasteiger partial charge in [0.15, 0.2) is 0 Å². The van der Waals surface area contributed by atoms with Crippen LogP contribution in [0.15, 0.2) is 0 Å². The molecule has 0 aromatic heterocycles. The second kappa shape index (κ2) is 9.08. The Morgan fingerprint density at radius 1 is 1.30 bits per heavy atom. The van der Waals surface area contributed by atoms with Gasteiger partial charge in [0.05, 0.1) is 0 Å². The van der Waals surface area contributed by atoms with Crippen molar-refractivity contribution in [1.82, 2.24) is 15.1 Å². The van der Waals surface area contributed by atoms with Crippen molar-refractivity contribution >= 4 is 30.7 Å². The van der Waals surface area contributed by atoms with Gasteiger partial charge in [-0.1, -0.05) is 20.8 Å². The first-order valence-corrected chi connectivity index (χ1v) is 7.40. The summed E-state index contributed by atoms with van der Waals surface area (Å²) in [5, 5.41) is 3.25. The van der Waals surface area contributed by atoms with E-state index in [-0.39, 0.29) is 30.7 Å². The molecule has 0 saturated carbocycles. The number of rotatable bonds is 5.